The van der Waals surface area contributed by atoms with Crippen LogP contribution in [0, 0.1) is 6.92 Å². The van der Waals surface area contributed by atoms with E-state index >= 15 is 0 Å². The van der Waals surface area contributed by atoms with E-state index in [2.05, 4.69) is 10.3 Å². The number of hydrogen-bond donors (Lipinski definition) is 2. The molecule has 0 spiro atoms. The summed E-state index contributed by atoms with van der Waals surface area (Å²) in [5.41, 5.74) is 2.49. The summed E-state index contributed by atoms with van der Waals surface area (Å²) in [5, 5.41) is 13.8. The first-order valence-corrected chi connectivity index (χ1v) is 6.20. The van der Waals surface area contributed by atoms with Crippen LogP contribution in [0.5, 0.6) is 11.5 Å². The van der Waals surface area contributed by atoms with Crippen molar-refractivity contribution in [1.82, 2.24) is 4.98 Å². The molecule has 0 fully saturated rings. The van der Waals surface area contributed by atoms with Gasteiger partial charge in [0.15, 0.2) is 11.5 Å². The van der Waals surface area contributed by atoms with Gasteiger partial charge in [0.05, 0.1) is 18.5 Å². The molecular formula is C14H15ClN2O2. The lowest BCUT2D eigenvalue weighted by atomic mass is 10.1. The highest BCUT2D eigenvalue weighted by Crippen LogP contribution is 2.33. The van der Waals surface area contributed by atoms with E-state index in [9.17, 15) is 5.11 Å². The molecule has 100 valence electrons. The van der Waals surface area contributed by atoms with Crippen molar-refractivity contribution in [3.05, 3.63) is 46.7 Å². The van der Waals surface area contributed by atoms with Crippen molar-refractivity contribution in [2.24, 2.45) is 0 Å². The largest absolute Gasteiger partial charge is 0.504 e. The zero-order chi connectivity index (χ0) is 13.8. The van der Waals surface area contributed by atoms with Gasteiger partial charge in [-0.2, -0.15) is 0 Å². The molecule has 5 heteroatoms. The molecule has 1 aromatic carbocycles. The fourth-order valence-electron chi connectivity index (χ4n) is 1.78. The van der Waals surface area contributed by atoms with E-state index in [4.69, 9.17) is 16.3 Å². The molecule has 0 aliphatic carbocycles. The molecular weight excluding hydrogens is 264 g/mol. The summed E-state index contributed by atoms with van der Waals surface area (Å²) in [6, 6.07) is 7.07. The topological polar surface area (TPSA) is 54.4 Å². The van der Waals surface area contributed by atoms with Crippen molar-refractivity contribution in [1.29, 1.82) is 0 Å². The minimum Gasteiger partial charge on any atom is -0.504 e. The van der Waals surface area contributed by atoms with Crippen molar-refractivity contribution in [2.75, 3.05) is 12.4 Å². The third-order valence-corrected chi connectivity index (χ3v) is 3.03. The van der Waals surface area contributed by atoms with Gasteiger partial charge in [0.2, 0.25) is 0 Å². The Balaban J connectivity index is 2.20. The fraction of sp³-hybridized carbons (Fsp3) is 0.214. The smallest absolute Gasteiger partial charge is 0.162 e. The van der Waals surface area contributed by atoms with Crippen LogP contribution in [0.25, 0.3) is 0 Å². The van der Waals surface area contributed by atoms with E-state index in [-0.39, 0.29) is 5.75 Å². The van der Waals surface area contributed by atoms with E-state index in [0.717, 1.165) is 11.4 Å². The van der Waals surface area contributed by atoms with Crippen LogP contribution in [0.3, 0.4) is 0 Å². The van der Waals surface area contributed by atoms with Gasteiger partial charge in [-0.05, 0) is 25.1 Å². The first-order chi connectivity index (χ1) is 9.11. The standard InChI is InChI=1S/C14H15ClN2O2/c1-9-12(4-3-5-16-9)17-8-10-6-11(15)7-13(19-2)14(10)18/h3-7,17-18H,8H2,1-2H3. The van der Waals surface area contributed by atoms with Crippen molar-refractivity contribution in [3.63, 3.8) is 0 Å². The van der Waals surface area contributed by atoms with Crippen LogP contribution in [0.4, 0.5) is 5.69 Å². The van der Waals surface area contributed by atoms with Crippen molar-refractivity contribution in [3.8, 4) is 11.5 Å². The number of aromatic nitrogens is 1. The summed E-state index contributed by atoms with van der Waals surface area (Å²) >= 11 is 5.98. The van der Waals surface area contributed by atoms with Crippen LogP contribution in [0.2, 0.25) is 5.02 Å². The number of phenols is 1. The number of hydrogen-bond acceptors (Lipinski definition) is 4. The second-order valence-corrected chi connectivity index (χ2v) is 4.54. The summed E-state index contributed by atoms with van der Waals surface area (Å²) in [4.78, 5) is 4.19. The van der Waals surface area contributed by atoms with Gasteiger partial charge in [-0.1, -0.05) is 11.6 Å². The molecule has 4 nitrogen and oxygen atoms in total. The van der Waals surface area contributed by atoms with Crippen molar-refractivity contribution < 1.29 is 9.84 Å². The van der Waals surface area contributed by atoms with Gasteiger partial charge >= 0.3 is 0 Å². The molecule has 19 heavy (non-hydrogen) atoms. The van der Waals surface area contributed by atoms with Gasteiger partial charge in [-0.25, -0.2) is 0 Å². The maximum atomic E-state index is 10.0. The van der Waals surface area contributed by atoms with Crippen molar-refractivity contribution >= 4 is 17.3 Å². The maximum absolute atomic E-state index is 10.0. The van der Waals surface area contributed by atoms with E-state index in [0.29, 0.717) is 22.9 Å². The lowest BCUT2D eigenvalue weighted by molar-refractivity contribution is 0.371. The number of aromatic hydroxyl groups is 1. The molecule has 0 unspecified atom stereocenters. The SMILES string of the molecule is COc1cc(Cl)cc(CNc2cccnc2C)c1O. The van der Waals surface area contributed by atoms with E-state index in [1.807, 2.05) is 19.1 Å². The second kappa shape index (κ2) is 5.80. The number of halogens is 1. The Labute approximate surface area is 117 Å². The molecule has 0 saturated carbocycles. The summed E-state index contributed by atoms with van der Waals surface area (Å²) < 4.78 is 5.07. The predicted octanol–water partition coefficient (Wildman–Crippen LogP) is 3.37. The number of benzene rings is 1. The lowest BCUT2D eigenvalue weighted by Crippen LogP contribution is -2.02. The highest BCUT2D eigenvalue weighted by molar-refractivity contribution is 6.30. The third-order valence-electron chi connectivity index (χ3n) is 2.81. The van der Waals surface area contributed by atoms with Crippen LogP contribution in [0.1, 0.15) is 11.3 Å². The third kappa shape index (κ3) is 3.09. The molecule has 2 rings (SSSR count). The number of pyridine rings is 1. The minimum absolute atomic E-state index is 0.0981. The monoisotopic (exact) mass is 278 g/mol. The Morgan fingerprint density at radius 1 is 1.42 bits per heavy atom. The molecule has 1 heterocycles. The Kier molecular flexibility index (Phi) is 4.12. The molecule has 0 amide bonds. The minimum atomic E-state index is 0.0981. The Morgan fingerprint density at radius 3 is 2.89 bits per heavy atom. The number of anilines is 1. The number of rotatable bonds is 4. The number of nitrogens with zero attached hydrogens (tertiary/aromatic N) is 1. The van der Waals surface area contributed by atoms with Gasteiger partial charge in [-0.3, -0.25) is 4.98 Å². The zero-order valence-corrected chi connectivity index (χ0v) is 11.5. The van der Waals surface area contributed by atoms with Gasteiger partial charge < -0.3 is 15.2 Å². The maximum Gasteiger partial charge on any atom is 0.162 e. The lowest BCUT2D eigenvalue weighted by Gasteiger charge is -2.12. The predicted molar refractivity (Wildman–Crippen MR) is 76.0 cm³/mol. The Hall–Kier alpha value is -1.94. The molecule has 0 bridgehead atoms. The summed E-state index contributed by atoms with van der Waals surface area (Å²) in [5.74, 6) is 0.466. The van der Waals surface area contributed by atoms with Crippen molar-refractivity contribution in [2.45, 2.75) is 13.5 Å². The summed E-state index contributed by atoms with van der Waals surface area (Å²) in [6.07, 6.45) is 1.74. The first-order valence-electron chi connectivity index (χ1n) is 5.82. The average Bonchev–Trinajstić information content (AvgIpc) is 2.41. The fourth-order valence-corrected chi connectivity index (χ4v) is 2.01. The molecule has 0 aliphatic rings. The quantitative estimate of drug-likeness (QED) is 0.900. The summed E-state index contributed by atoms with van der Waals surface area (Å²) in [7, 11) is 1.49. The molecule has 0 aliphatic heterocycles. The molecule has 0 saturated heterocycles. The summed E-state index contributed by atoms with van der Waals surface area (Å²) in [6.45, 7) is 2.36. The van der Waals surface area contributed by atoms with Crippen LogP contribution >= 0.6 is 11.6 Å². The number of methoxy groups -OCH3 is 1. The first kappa shape index (κ1) is 13.5. The highest BCUT2D eigenvalue weighted by Gasteiger charge is 2.10. The second-order valence-electron chi connectivity index (χ2n) is 4.11. The Morgan fingerprint density at radius 2 is 2.21 bits per heavy atom. The van der Waals surface area contributed by atoms with Gasteiger partial charge in [-0.15, -0.1) is 0 Å². The highest BCUT2D eigenvalue weighted by atomic mass is 35.5. The van der Waals surface area contributed by atoms with Gasteiger partial charge in [0.1, 0.15) is 0 Å². The van der Waals surface area contributed by atoms with Gasteiger partial charge in [0.25, 0.3) is 0 Å². The average molecular weight is 279 g/mol. The molecule has 0 atom stereocenters. The normalized spacial score (nSPS) is 10.3. The van der Waals surface area contributed by atoms with Crippen LogP contribution in [0.15, 0.2) is 30.5 Å². The number of aryl methyl sites for hydroxylation is 1. The Bertz CT molecular complexity index is 588. The van der Waals surface area contributed by atoms with Crippen LogP contribution in [-0.4, -0.2) is 17.2 Å². The molecule has 2 aromatic rings. The molecule has 1 aromatic heterocycles. The zero-order valence-electron chi connectivity index (χ0n) is 10.8. The van der Waals surface area contributed by atoms with Gasteiger partial charge in [0, 0.05) is 29.4 Å². The number of ether oxygens (including phenoxy) is 1. The number of nitrogens with one attached hydrogen (secondary N) is 1. The van der Waals surface area contributed by atoms with E-state index in [1.54, 1.807) is 18.3 Å². The van der Waals surface area contributed by atoms with E-state index < -0.39 is 0 Å². The molecule has 0 radical (unpaired) electrons. The van der Waals surface area contributed by atoms with Crippen LogP contribution < -0.4 is 10.1 Å². The molecule has 2 N–H and O–H groups in total. The number of phenolic OH excluding ortho intramolecular Hbond substituents is 1. The van der Waals surface area contributed by atoms with Crippen LogP contribution in [-0.2, 0) is 6.54 Å². The van der Waals surface area contributed by atoms with E-state index in [1.165, 1.54) is 7.11 Å².